The molecule has 0 amide bonds. The van der Waals surface area contributed by atoms with Gasteiger partial charge in [-0.1, -0.05) is 6.92 Å². The lowest BCUT2D eigenvalue weighted by atomic mass is 10.3. The minimum absolute atomic E-state index is 0.543. The van der Waals surface area contributed by atoms with Gasteiger partial charge in [-0.25, -0.2) is 9.97 Å². The Kier molecular flexibility index (Phi) is 4.30. The zero-order valence-electron chi connectivity index (χ0n) is 9.50. The first-order chi connectivity index (χ1) is 7.19. The number of ether oxygens (including phenoxy) is 1. The normalized spacial score (nSPS) is 10.3. The molecular formula is C10H18N4O. The summed E-state index contributed by atoms with van der Waals surface area (Å²) in [5, 5.41) is 3.17. The highest BCUT2D eigenvalue weighted by atomic mass is 16.5. The Balaban J connectivity index is 2.80. The second-order valence-corrected chi connectivity index (χ2v) is 3.27. The van der Waals surface area contributed by atoms with E-state index in [1.807, 2.05) is 13.8 Å². The molecule has 1 aromatic rings. The standard InChI is InChI=1S/C10H18N4O/c1-4-8-13-9(11)7(2)10(14-8)12-5-6-15-3/h4-6H2,1-3H3,(H3,11,12,13,14). The molecule has 0 saturated heterocycles. The van der Waals surface area contributed by atoms with Gasteiger partial charge in [-0.15, -0.1) is 0 Å². The van der Waals surface area contributed by atoms with E-state index in [1.54, 1.807) is 7.11 Å². The van der Waals surface area contributed by atoms with Crippen molar-refractivity contribution in [1.29, 1.82) is 0 Å². The highest BCUT2D eigenvalue weighted by Crippen LogP contribution is 2.16. The van der Waals surface area contributed by atoms with E-state index >= 15 is 0 Å². The van der Waals surface area contributed by atoms with Gasteiger partial charge in [0.2, 0.25) is 0 Å². The summed E-state index contributed by atoms with van der Waals surface area (Å²) in [6.07, 6.45) is 0.781. The van der Waals surface area contributed by atoms with Crippen molar-refractivity contribution in [1.82, 2.24) is 9.97 Å². The summed E-state index contributed by atoms with van der Waals surface area (Å²) in [4.78, 5) is 8.54. The summed E-state index contributed by atoms with van der Waals surface area (Å²) in [5.74, 6) is 2.11. The fourth-order valence-electron chi connectivity index (χ4n) is 1.18. The van der Waals surface area contributed by atoms with Gasteiger partial charge in [0.15, 0.2) is 0 Å². The van der Waals surface area contributed by atoms with Crippen molar-refractivity contribution in [3.63, 3.8) is 0 Å². The van der Waals surface area contributed by atoms with E-state index in [-0.39, 0.29) is 0 Å². The molecule has 0 spiro atoms. The topological polar surface area (TPSA) is 73.1 Å². The van der Waals surface area contributed by atoms with E-state index < -0.39 is 0 Å². The largest absolute Gasteiger partial charge is 0.383 e. The number of nitrogen functional groups attached to an aromatic ring is 1. The van der Waals surface area contributed by atoms with Crippen molar-refractivity contribution in [3.05, 3.63) is 11.4 Å². The van der Waals surface area contributed by atoms with Crippen molar-refractivity contribution in [2.45, 2.75) is 20.3 Å². The third-order valence-corrected chi connectivity index (χ3v) is 2.14. The van der Waals surface area contributed by atoms with E-state index in [1.165, 1.54) is 0 Å². The van der Waals surface area contributed by atoms with Crippen LogP contribution in [0.15, 0.2) is 0 Å². The number of anilines is 2. The van der Waals surface area contributed by atoms with Gasteiger partial charge >= 0.3 is 0 Å². The minimum atomic E-state index is 0.543. The number of hydrogen-bond donors (Lipinski definition) is 2. The maximum atomic E-state index is 5.78. The molecule has 5 nitrogen and oxygen atoms in total. The van der Waals surface area contributed by atoms with Crippen LogP contribution in [0.3, 0.4) is 0 Å². The molecule has 15 heavy (non-hydrogen) atoms. The van der Waals surface area contributed by atoms with E-state index in [0.717, 1.165) is 30.2 Å². The number of rotatable bonds is 5. The average Bonchev–Trinajstić information content (AvgIpc) is 2.24. The molecule has 3 N–H and O–H groups in total. The maximum Gasteiger partial charge on any atom is 0.134 e. The Bertz CT molecular complexity index is 327. The summed E-state index contributed by atoms with van der Waals surface area (Å²) in [6.45, 7) is 5.27. The fourth-order valence-corrected chi connectivity index (χ4v) is 1.18. The maximum absolute atomic E-state index is 5.78. The molecule has 1 heterocycles. The Morgan fingerprint density at radius 2 is 2.13 bits per heavy atom. The molecule has 0 aromatic carbocycles. The number of aromatic nitrogens is 2. The van der Waals surface area contributed by atoms with Crippen LogP contribution in [-0.2, 0) is 11.2 Å². The SMILES string of the molecule is CCc1nc(N)c(C)c(NCCOC)n1. The number of aryl methyl sites for hydroxylation is 1. The molecule has 0 bridgehead atoms. The van der Waals surface area contributed by atoms with Crippen molar-refractivity contribution < 1.29 is 4.74 Å². The summed E-state index contributed by atoms with van der Waals surface area (Å²) in [5.41, 5.74) is 6.67. The summed E-state index contributed by atoms with van der Waals surface area (Å²) < 4.78 is 4.95. The Morgan fingerprint density at radius 3 is 2.73 bits per heavy atom. The summed E-state index contributed by atoms with van der Waals surface area (Å²) in [6, 6.07) is 0. The van der Waals surface area contributed by atoms with E-state index in [9.17, 15) is 0 Å². The molecule has 0 unspecified atom stereocenters. The molecule has 84 valence electrons. The minimum Gasteiger partial charge on any atom is -0.383 e. The first kappa shape index (κ1) is 11.7. The predicted octanol–water partition coefficient (Wildman–Crippen LogP) is 0.988. The lowest BCUT2D eigenvalue weighted by molar-refractivity contribution is 0.210. The lowest BCUT2D eigenvalue weighted by Gasteiger charge is -2.10. The summed E-state index contributed by atoms with van der Waals surface area (Å²) in [7, 11) is 1.67. The van der Waals surface area contributed by atoms with Gasteiger partial charge in [-0.2, -0.15) is 0 Å². The van der Waals surface area contributed by atoms with Crippen LogP contribution < -0.4 is 11.1 Å². The smallest absolute Gasteiger partial charge is 0.134 e. The zero-order valence-corrected chi connectivity index (χ0v) is 9.50. The molecule has 1 rings (SSSR count). The van der Waals surface area contributed by atoms with E-state index in [0.29, 0.717) is 12.4 Å². The van der Waals surface area contributed by atoms with Gasteiger partial charge in [0, 0.05) is 25.6 Å². The van der Waals surface area contributed by atoms with Crippen LogP contribution in [0.5, 0.6) is 0 Å². The van der Waals surface area contributed by atoms with Crippen LogP contribution in [0.1, 0.15) is 18.3 Å². The van der Waals surface area contributed by atoms with Crippen molar-refractivity contribution in [2.75, 3.05) is 31.3 Å². The number of methoxy groups -OCH3 is 1. The number of hydrogen-bond acceptors (Lipinski definition) is 5. The number of nitrogens with two attached hydrogens (primary N) is 1. The highest BCUT2D eigenvalue weighted by Gasteiger charge is 2.06. The van der Waals surface area contributed by atoms with Gasteiger partial charge in [-0.3, -0.25) is 0 Å². The molecule has 0 aliphatic heterocycles. The van der Waals surface area contributed by atoms with Crippen LogP contribution in [0.4, 0.5) is 11.6 Å². The Morgan fingerprint density at radius 1 is 1.40 bits per heavy atom. The average molecular weight is 210 g/mol. The molecule has 0 radical (unpaired) electrons. The predicted molar refractivity (Wildman–Crippen MR) is 60.9 cm³/mol. The van der Waals surface area contributed by atoms with Crippen LogP contribution >= 0.6 is 0 Å². The molecule has 0 aliphatic carbocycles. The third-order valence-electron chi connectivity index (χ3n) is 2.14. The molecule has 0 saturated carbocycles. The first-order valence-corrected chi connectivity index (χ1v) is 5.04. The second-order valence-electron chi connectivity index (χ2n) is 3.27. The van der Waals surface area contributed by atoms with Gasteiger partial charge in [0.25, 0.3) is 0 Å². The molecule has 0 fully saturated rings. The Hall–Kier alpha value is -1.36. The highest BCUT2D eigenvalue weighted by molar-refractivity contribution is 5.54. The number of nitrogens with zero attached hydrogens (tertiary/aromatic N) is 2. The molecule has 0 aliphatic rings. The third kappa shape index (κ3) is 3.06. The van der Waals surface area contributed by atoms with Crippen molar-refractivity contribution >= 4 is 11.6 Å². The fraction of sp³-hybridized carbons (Fsp3) is 0.600. The quantitative estimate of drug-likeness (QED) is 0.709. The van der Waals surface area contributed by atoms with Crippen LogP contribution in [-0.4, -0.2) is 30.2 Å². The van der Waals surface area contributed by atoms with Crippen molar-refractivity contribution in [2.24, 2.45) is 0 Å². The lowest BCUT2D eigenvalue weighted by Crippen LogP contribution is -2.13. The van der Waals surface area contributed by atoms with E-state index in [2.05, 4.69) is 15.3 Å². The zero-order chi connectivity index (χ0) is 11.3. The molecule has 0 atom stereocenters. The van der Waals surface area contributed by atoms with Crippen molar-refractivity contribution in [3.8, 4) is 0 Å². The van der Waals surface area contributed by atoms with Gasteiger partial charge < -0.3 is 15.8 Å². The number of nitrogens with one attached hydrogen (secondary N) is 1. The summed E-state index contributed by atoms with van der Waals surface area (Å²) >= 11 is 0. The van der Waals surface area contributed by atoms with E-state index in [4.69, 9.17) is 10.5 Å². The van der Waals surface area contributed by atoms with Crippen LogP contribution in [0.2, 0.25) is 0 Å². The van der Waals surface area contributed by atoms with Crippen LogP contribution in [0, 0.1) is 6.92 Å². The van der Waals surface area contributed by atoms with Crippen LogP contribution in [0.25, 0.3) is 0 Å². The van der Waals surface area contributed by atoms with Gasteiger partial charge in [0.05, 0.1) is 6.61 Å². The second kappa shape index (κ2) is 5.50. The molecule has 1 aromatic heterocycles. The molecule has 5 heteroatoms. The first-order valence-electron chi connectivity index (χ1n) is 5.04. The Labute approximate surface area is 90.1 Å². The molecular weight excluding hydrogens is 192 g/mol. The van der Waals surface area contributed by atoms with Gasteiger partial charge in [-0.05, 0) is 6.92 Å². The monoisotopic (exact) mass is 210 g/mol. The van der Waals surface area contributed by atoms with Gasteiger partial charge in [0.1, 0.15) is 17.5 Å².